The molecule has 1 aliphatic heterocycles. The van der Waals surface area contributed by atoms with Gasteiger partial charge >= 0.3 is 5.97 Å². The van der Waals surface area contributed by atoms with Crippen LogP contribution in [-0.2, 0) is 9.53 Å². The van der Waals surface area contributed by atoms with Gasteiger partial charge in [0.05, 0.1) is 6.10 Å². The van der Waals surface area contributed by atoms with Crippen molar-refractivity contribution in [1.29, 1.82) is 0 Å². The topological polar surface area (TPSA) is 78.8 Å². The van der Waals surface area contributed by atoms with Crippen molar-refractivity contribution in [3.05, 3.63) is 0 Å². The molecule has 0 aromatic rings. The number of aliphatic carboxylic acids is 1. The Labute approximate surface area is 95.8 Å². The van der Waals surface area contributed by atoms with Crippen molar-refractivity contribution in [2.75, 3.05) is 19.7 Å². The van der Waals surface area contributed by atoms with Gasteiger partial charge in [-0.1, -0.05) is 0 Å². The van der Waals surface area contributed by atoms with Crippen LogP contribution in [0.4, 0.5) is 0 Å². The molecule has 2 unspecified atom stereocenters. The van der Waals surface area contributed by atoms with Crippen LogP contribution in [0.15, 0.2) is 0 Å². The molecule has 16 heavy (non-hydrogen) atoms. The molecule has 5 heteroatoms. The first-order valence-corrected chi connectivity index (χ1v) is 5.81. The Kier molecular flexibility index (Phi) is 5.18. The van der Waals surface area contributed by atoms with E-state index in [9.17, 15) is 9.90 Å². The molecule has 1 aliphatic rings. The number of nitrogens with one attached hydrogen (secondary N) is 1. The summed E-state index contributed by atoms with van der Waals surface area (Å²) >= 11 is 0. The summed E-state index contributed by atoms with van der Waals surface area (Å²) in [4.78, 5) is 10.3. The minimum Gasteiger partial charge on any atom is -0.481 e. The summed E-state index contributed by atoms with van der Waals surface area (Å²) in [5, 5.41) is 21.7. The summed E-state index contributed by atoms with van der Waals surface area (Å²) < 4.78 is 5.31. The smallest absolute Gasteiger partial charge is 0.303 e. The molecule has 1 rings (SSSR count). The van der Waals surface area contributed by atoms with Gasteiger partial charge < -0.3 is 20.3 Å². The predicted octanol–water partition coefficient (Wildman–Crippen LogP) is 0.371. The van der Waals surface area contributed by atoms with Crippen LogP contribution >= 0.6 is 0 Å². The van der Waals surface area contributed by atoms with E-state index in [0.29, 0.717) is 26.0 Å². The SMILES string of the molecule is CC1OCCC1(O)CNCCCCC(=O)O. The molecule has 0 spiro atoms. The maximum Gasteiger partial charge on any atom is 0.303 e. The normalized spacial score (nSPS) is 29.5. The molecule has 0 aliphatic carbocycles. The highest BCUT2D eigenvalue weighted by Gasteiger charge is 2.38. The van der Waals surface area contributed by atoms with E-state index < -0.39 is 11.6 Å². The summed E-state index contributed by atoms with van der Waals surface area (Å²) in [5.74, 6) is -0.753. The molecule has 0 saturated carbocycles. The predicted molar refractivity (Wildman–Crippen MR) is 59.3 cm³/mol. The van der Waals surface area contributed by atoms with E-state index in [1.54, 1.807) is 0 Å². The monoisotopic (exact) mass is 231 g/mol. The maximum absolute atomic E-state index is 10.3. The molecule has 2 atom stereocenters. The van der Waals surface area contributed by atoms with Gasteiger partial charge in [-0.15, -0.1) is 0 Å². The van der Waals surface area contributed by atoms with Crippen LogP contribution in [0.3, 0.4) is 0 Å². The van der Waals surface area contributed by atoms with Gasteiger partial charge in [0.1, 0.15) is 5.60 Å². The quantitative estimate of drug-likeness (QED) is 0.552. The number of ether oxygens (including phenoxy) is 1. The van der Waals surface area contributed by atoms with E-state index in [1.165, 1.54) is 0 Å². The number of aliphatic hydroxyl groups is 1. The first-order chi connectivity index (χ1) is 7.54. The lowest BCUT2D eigenvalue weighted by atomic mass is 9.97. The first kappa shape index (κ1) is 13.4. The van der Waals surface area contributed by atoms with Gasteiger partial charge in [-0.05, 0) is 26.3 Å². The number of rotatable bonds is 7. The van der Waals surface area contributed by atoms with E-state index >= 15 is 0 Å². The van der Waals surface area contributed by atoms with Crippen LogP contribution in [0, 0.1) is 0 Å². The molecule has 94 valence electrons. The van der Waals surface area contributed by atoms with Crippen LogP contribution in [-0.4, -0.2) is 47.6 Å². The van der Waals surface area contributed by atoms with E-state index in [0.717, 1.165) is 13.0 Å². The average molecular weight is 231 g/mol. The second-order valence-corrected chi connectivity index (χ2v) is 4.39. The first-order valence-electron chi connectivity index (χ1n) is 5.81. The highest BCUT2D eigenvalue weighted by molar-refractivity contribution is 5.66. The van der Waals surface area contributed by atoms with Gasteiger partial charge in [-0.2, -0.15) is 0 Å². The highest BCUT2D eigenvalue weighted by Crippen LogP contribution is 2.24. The van der Waals surface area contributed by atoms with E-state index in [1.807, 2.05) is 6.92 Å². The van der Waals surface area contributed by atoms with Crippen LogP contribution in [0.5, 0.6) is 0 Å². The third-order valence-electron chi connectivity index (χ3n) is 3.08. The van der Waals surface area contributed by atoms with Crippen molar-refractivity contribution < 1.29 is 19.7 Å². The van der Waals surface area contributed by atoms with E-state index in [4.69, 9.17) is 9.84 Å². The Bertz CT molecular complexity index is 234. The van der Waals surface area contributed by atoms with Gasteiger partial charge in [0.25, 0.3) is 0 Å². The fraction of sp³-hybridized carbons (Fsp3) is 0.909. The zero-order valence-corrected chi connectivity index (χ0v) is 9.74. The maximum atomic E-state index is 10.3. The van der Waals surface area contributed by atoms with Gasteiger partial charge in [0.2, 0.25) is 0 Å². The summed E-state index contributed by atoms with van der Waals surface area (Å²) in [6.45, 7) is 3.74. The number of carboxylic acids is 1. The number of hydrogen-bond donors (Lipinski definition) is 3. The summed E-state index contributed by atoms with van der Waals surface area (Å²) in [6.07, 6.45) is 2.24. The van der Waals surface area contributed by atoms with Crippen LogP contribution in [0.2, 0.25) is 0 Å². The highest BCUT2D eigenvalue weighted by atomic mass is 16.5. The summed E-state index contributed by atoms with van der Waals surface area (Å²) in [6, 6.07) is 0. The summed E-state index contributed by atoms with van der Waals surface area (Å²) in [5.41, 5.74) is -0.757. The molecule has 0 amide bonds. The Morgan fingerprint density at radius 1 is 1.56 bits per heavy atom. The third-order valence-corrected chi connectivity index (χ3v) is 3.08. The third kappa shape index (κ3) is 4.08. The molecule has 0 radical (unpaired) electrons. The van der Waals surface area contributed by atoms with Gasteiger partial charge in [-0.3, -0.25) is 4.79 Å². The second-order valence-electron chi connectivity index (χ2n) is 4.39. The molecule has 0 aromatic carbocycles. The fourth-order valence-corrected chi connectivity index (χ4v) is 1.83. The van der Waals surface area contributed by atoms with Gasteiger partial charge in [0, 0.05) is 26.0 Å². The lowest BCUT2D eigenvalue weighted by molar-refractivity contribution is -0.137. The molecular formula is C11H21NO4. The largest absolute Gasteiger partial charge is 0.481 e. The zero-order valence-electron chi connectivity index (χ0n) is 9.74. The van der Waals surface area contributed by atoms with Crippen LogP contribution in [0.1, 0.15) is 32.6 Å². The molecule has 1 saturated heterocycles. The Hall–Kier alpha value is -0.650. The minimum absolute atomic E-state index is 0.126. The van der Waals surface area contributed by atoms with Crippen molar-refractivity contribution in [1.82, 2.24) is 5.32 Å². The molecule has 0 aromatic heterocycles. The number of unbranched alkanes of at least 4 members (excludes halogenated alkanes) is 1. The van der Waals surface area contributed by atoms with Crippen molar-refractivity contribution in [2.24, 2.45) is 0 Å². The lowest BCUT2D eigenvalue weighted by Crippen LogP contribution is -2.46. The zero-order chi connectivity index (χ0) is 12.0. The molecule has 1 fully saturated rings. The fourth-order valence-electron chi connectivity index (χ4n) is 1.83. The second kappa shape index (κ2) is 6.18. The Morgan fingerprint density at radius 2 is 2.31 bits per heavy atom. The van der Waals surface area contributed by atoms with E-state index in [2.05, 4.69) is 5.32 Å². The lowest BCUT2D eigenvalue weighted by Gasteiger charge is -2.26. The van der Waals surface area contributed by atoms with Crippen molar-refractivity contribution >= 4 is 5.97 Å². The summed E-state index contributed by atoms with van der Waals surface area (Å²) in [7, 11) is 0. The Balaban J connectivity index is 2.04. The molecule has 1 heterocycles. The number of carboxylic acid groups (broad SMARTS) is 1. The Morgan fingerprint density at radius 3 is 2.88 bits per heavy atom. The molecule has 5 nitrogen and oxygen atoms in total. The van der Waals surface area contributed by atoms with Crippen molar-refractivity contribution in [3.8, 4) is 0 Å². The van der Waals surface area contributed by atoms with Crippen LogP contribution in [0.25, 0.3) is 0 Å². The molecular weight excluding hydrogens is 210 g/mol. The van der Waals surface area contributed by atoms with Gasteiger partial charge in [-0.25, -0.2) is 0 Å². The number of hydrogen-bond acceptors (Lipinski definition) is 4. The van der Waals surface area contributed by atoms with Gasteiger partial charge in [0.15, 0.2) is 0 Å². The minimum atomic E-state index is -0.757. The standard InChI is InChI=1S/C11H21NO4/c1-9-11(15,5-7-16-9)8-12-6-3-2-4-10(13)14/h9,12,15H,2-8H2,1H3,(H,13,14). The van der Waals surface area contributed by atoms with Crippen LogP contribution < -0.4 is 5.32 Å². The molecule has 3 N–H and O–H groups in total. The molecule has 0 bridgehead atoms. The average Bonchev–Trinajstić information content (AvgIpc) is 2.53. The van der Waals surface area contributed by atoms with Crippen molar-refractivity contribution in [3.63, 3.8) is 0 Å². The van der Waals surface area contributed by atoms with E-state index in [-0.39, 0.29) is 12.5 Å². The van der Waals surface area contributed by atoms with Crippen molar-refractivity contribution in [2.45, 2.75) is 44.3 Å². The number of carbonyl (C=O) groups is 1.